The summed E-state index contributed by atoms with van der Waals surface area (Å²) in [4.78, 5) is 44.7. The zero-order valence-corrected chi connectivity index (χ0v) is 24.9. The first-order valence-electron chi connectivity index (χ1n) is 14.2. The number of carbonyl (C=O) groups is 1. The number of fused-ring (bicyclic) bond motifs is 1. The molecule has 43 heavy (non-hydrogen) atoms. The van der Waals surface area contributed by atoms with Crippen LogP contribution in [0.5, 0.6) is 5.75 Å². The molecule has 2 fully saturated rings. The van der Waals surface area contributed by atoms with Gasteiger partial charge in [-0.15, -0.1) is 4.80 Å². The molecule has 12 nitrogen and oxygen atoms in total. The maximum Gasteiger partial charge on any atom is 0.332 e. The first-order chi connectivity index (χ1) is 20.7. The van der Waals surface area contributed by atoms with Crippen molar-refractivity contribution in [3.05, 3.63) is 68.4 Å². The Bertz CT molecular complexity index is 1770. The molecule has 1 saturated carbocycles. The van der Waals surface area contributed by atoms with Gasteiger partial charge in [-0.2, -0.15) is 10.2 Å². The van der Waals surface area contributed by atoms with Crippen molar-refractivity contribution in [1.29, 1.82) is 0 Å². The number of halogens is 1. The number of likely N-dealkylation sites (tertiary alicyclic amines) is 1. The molecule has 4 heterocycles. The highest BCUT2D eigenvalue weighted by atomic mass is 32.1. The van der Waals surface area contributed by atoms with E-state index >= 15 is 0 Å². The molecule has 1 aliphatic carbocycles. The Kier molecular flexibility index (Phi) is 7.92. The lowest BCUT2D eigenvalue weighted by atomic mass is 9.94. The van der Waals surface area contributed by atoms with Crippen LogP contribution in [0.15, 0.2) is 40.2 Å². The second kappa shape index (κ2) is 11.7. The molecule has 1 N–H and O–H groups in total. The van der Waals surface area contributed by atoms with E-state index in [0.717, 1.165) is 4.57 Å². The fourth-order valence-corrected chi connectivity index (χ4v) is 7.31. The molecule has 1 saturated heterocycles. The normalized spacial score (nSPS) is 21.6. The van der Waals surface area contributed by atoms with Crippen LogP contribution in [0.1, 0.15) is 55.4 Å². The number of nitrogens with zero attached hydrogens (tertiary/aromatic N) is 6. The van der Waals surface area contributed by atoms with Crippen molar-refractivity contribution in [2.75, 3.05) is 20.7 Å². The Morgan fingerprint density at radius 1 is 1.12 bits per heavy atom. The second-order valence-corrected chi connectivity index (χ2v) is 12.1. The molecule has 2 aliphatic rings. The maximum atomic E-state index is 14.6. The fourth-order valence-electron chi connectivity index (χ4n) is 6.09. The number of aryl methyl sites for hydroxylation is 1. The van der Waals surface area contributed by atoms with Crippen molar-refractivity contribution >= 4 is 27.5 Å². The van der Waals surface area contributed by atoms with Gasteiger partial charge in [0.15, 0.2) is 0 Å². The van der Waals surface area contributed by atoms with Gasteiger partial charge < -0.3 is 19.5 Å². The summed E-state index contributed by atoms with van der Waals surface area (Å²) in [6.07, 6.45) is 4.15. The molecule has 1 aromatic carbocycles. The number of thiophene rings is 1. The SMILES string of the molecule is COc1ccc(F)cc1[C@H](Cn1c(=O)n([C@@H]2CCN(C)C2=O)c(=O)c2c(C)c(-n3nccn3)sc21)O[C@H]1CC[C@@H](O)CC1. The molecule has 0 unspecified atom stereocenters. The number of hydrogen-bond acceptors (Lipinski definition) is 9. The van der Waals surface area contributed by atoms with Crippen LogP contribution in [0.25, 0.3) is 15.2 Å². The molecule has 228 valence electrons. The van der Waals surface area contributed by atoms with Crippen LogP contribution in [0.3, 0.4) is 0 Å². The Morgan fingerprint density at radius 3 is 2.49 bits per heavy atom. The number of hydrogen-bond donors (Lipinski definition) is 1. The smallest absolute Gasteiger partial charge is 0.332 e. The van der Waals surface area contributed by atoms with Gasteiger partial charge in [0.05, 0.1) is 43.6 Å². The van der Waals surface area contributed by atoms with Gasteiger partial charge in [0.1, 0.15) is 33.5 Å². The van der Waals surface area contributed by atoms with E-state index in [0.29, 0.717) is 65.4 Å². The lowest BCUT2D eigenvalue weighted by molar-refractivity contribution is -0.129. The van der Waals surface area contributed by atoms with Crippen molar-refractivity contribution in [2.24, 2.45) is 0 Å². The first-order valence-corrected chi connectivity index (χ1v) is 15.1. The fraction of sp³-hybridized carbons (Fsp3) is 0.483. The van der Waals surface area contributed by atoms with E-state index in [1.165, 1.54) is 63.3 Å². The third kappa shape index (κ3) is 5.27. The third-order valence-corrected chi connectivity index (χ3v) is 9.70. The second-order valence-electron chi connectivity index (χ2n) is 11.1. The number of likely N-dealkylation sites (N-methyl/N-ethyl adjacent to an activating group) is 1. The largest absolute Gasteiger partial charge is 0.496 e. The average molecular weight is 613 g/mol. The summed E-state index contributed by atoms with van der Waals surface area (Å²) in [5.74, 6) is -0.423. The molecule has 0 bridgehead atoms. The quantitative estimate of drug-likeness (QED) is 0.321. The number of aliphatic hydroxyl groups excluding tert-OH is 1. The van der Waals surface area contributed by atoms with E-state index in [1.54, 1.807) is 14.0 Å². The number of carbonyl (C=O) groups excluding carboxylic acids is 1. The molecule has 6 rings (SSSR count). The van der Waals surface area contributed by atoms with Gasteiger partial charge in [0.25, 0.3) is 5.56 Å². The van der Waals surface area contributed by atoms with E-state index in [2.05, 4.69) is 10.2 Å². The number of rotatable bonds is 8. The van der Waals surface area contributed by atoms with Crippen molar-refractivity contribution in [2.45, 2.75) is 69.9 Å². The predicted octanol–water partition coefficient (Wildman–Crippen LogP) is 2.73. The molecular weight excluding hydrogens is 579 g/mol. The molecule has 4 aromatic rings. The van der Waals surface area contributed by atoms with Crippen LogP contribution in [-0.2, 0) is 16.1 Å². The summed E-state index contributed by atoms with van der Waals surface area (Å²) < 4.78 is 29.3. The number of aliphatic hydroxyl groups is 1. The molecule has 1 amide bonds. The predicted molar refractivity (Wildman–Crippen MR) is 156 cm³/mol. The van der Waals surface area contributed by atoms with E-state index in [-0.39, 0.29) is 23.9 Å². The standard InChI is InChI=1S/C29H33FN6O6S/c1-16-24-26(39)35(21-10-13-33(2)25(21)38)29(40)34(28(24)43-27(16)36-31-11-12-32-36)15-23(42-19-7-5-18(37)6-8-19)20-14-17(30)4-9-22(20)41-3/h4,9,11-12,14,18-19,21,23,37H,5-8,10,13,15H2,1-3H3/t18-,19+,21-,23+/m1/s1. The first kappa shape index (κ1) is 29.2. The highest BCUT2D eigenvalue weighted by Crippen LogP contribution is 2.36. The minimum atomic E-state index is -0.950. The van der Waals surface area contributed by atoms with Gasteiger partial charge in [-0.3, -0.25) is 14.2 Å². The minimum Gasteiger partial charge on any atom is -0.496 e. The van der Waals surface area contributed by atoms with Crippen molar-refractivity contribution in [3.8, 4) is 10.8 Å². The van der Waals surface area contributed by atoms with Crippen molar-refractivity contribution < 1.29 is 23.8 Å². The Morgan fingerprint density at radius 2 is 1.84 bits per heavy atom. The van der Waals surface area contributed by atoms with Crippen LogP contribution in [0.2, 0.25) is 0 Å². The van der Waals surface area contributed by atoms with Crippen molar-refractivity contribution in [1.82, 2.24) is 29.0 Å². The lowest BCUT2D eigenvalue weighted by Gasteiger charge is -2.31. The maximum absolute atomic E-state index is 14.6. The van der Waals surface area contributed by atoms with Gasteiger partial charge in [-0.1, -0.05) is 11.3 Å². The molecule has 14 heteroatoms. The van der Waals surface area contributed by atoms with Crippen LogP contribution in [-0.4, -0.2) is 73.0 Å². The number of amides is 1. The van der Waals surface area contributed by atoms with Crippen LogP contribution < -0.4 is 16.0 Å². The molecule has 3 aromatic heterocycles. The van der Waals surface area contributed by atoms with Gasteiger partial charge in [0.2, 0.25) is 5.91 Å². The molecule has 0 radical (unpaired) electrons. The number of benzene rings is 1. The summed E-state index contributed by atoms with van der Waals surface area (Å²) in [6, 6.07) is 3.17. The summed E-state index contributed by atoms with van der Waals surface area (Å²) in [7, 11) is 3.12. The third-order valence-electron chi connectivity index (χ3n) is 8.42. The lowest BCUT2D eigenvalue weighted by Crippen LogP contribution is -2.45. The monoisotopic (exact) mass is 612 g/mol. The molecule has 0 spiro atoms. The Hall–Kier alpha value is -3.88. The topological polar surface area (TPSA) is 134 Å². The number of methoxy groups -OCH3 is 1. The summed E-state index contributed by atoms with van der Waals surface area (Å²) in [5, 5.41) is 19.3. The van der Waals surface area contributed by atoms with Gasteiger partial charge in [-0.05, 0) is 57.2 Å². The Labute approximate surface area is 249 Å². The zero-order chi connectivity index (χ0) is 30.4. The zero-order valence-electron chi connectivity index (χ0n) is 24.1. The molecule has 2 atom stereocenters. The Balaban J connectivity index is 1.55. The van der Waals surface area contributed by atoms with E-state index in [9.17, 15) is 23.9 Å². The van der Waals surface area contributed by atoms with Gasteiger partial charge in [-0.25, -0.2) is 13.8 Å². The van der Waals surface area contributed by atoms with E-state index < -0.39 is 35.3 Å². The number of aromatic nitrogens is 5. The summed E-state index contributed by atoms with van der Waals surface area (Å²) in [6.45, 7) is 2.09. The highest BCUT2D eigenvalue weighted by molar-refractivity contribution is 7.21. The van der Waals surface area contributed by atoms with E-state index in [4.69, 9.17) is 9.47 Å². The van der Waals surface area contributed by atoms with Crippen LogP contribution in [0.4, 0.5) is 4.39 Å². The minimum absolute atomic E-state index is 0.0862. The van der Waals surface area contributed by atoms with Crippen molar-refractivity contribution in [3.63, 3.8) is 0 Å². The van der Waals surface area contributed by atoms with Crippen LogP contribution in [0, 0.1) is 12.7 Å². The van der Waals surface area contributed by atoms with Gasteiger partial charge in [0, 0.05) is 24.7 Å². The van der Waals surface area contributed by atoms with Gasteiger partial charge >= 0.3 is 5.69 Å². The van der Waals surface area contributed by atoms with Crippen LogP contribution >= 0.6 is 11.3 Å². The summed E-state index contributed by atoms with van der Waals surface area (Å²) in [5.41, 5.74) is -0.232. The highest BCUT2D eigenvalue weighted by Gasteiger charge is 2.36. The van der Waals surface area contributed by atoms with E-state index in [1.807, 2.05) is 0 Å². The molecular formula is C29H33FN6O6S. The average Bonchev–Trinajstić information content (AvgIpc) is 3.72. The molecule has 1 aliphatic heterocycles. The summed E-state index contributed by atoms with van der Waals surface area (Å²) >= 11 is 1.18. The number of ether oxygens (including phenoxy) is 2.